The number of hydrogen-bond donors (Lipinski definition) is 0. The van der Waals surface area contributed by atoms with Crippen LogP contribution in [0.2, 0.25) is 0 Å². The van der Waals surface area contributed by atoms with Crippen LogP contribution in [0.3, 0.4) is 0 Å². The molecule has 1 aliphatic carbocycles. The van der Waals surface area contributed by atoms with Crippen LogP contribution in [0.5, 0.6) is 0 Å². The van der Waals surface area contributed by atoms with Gasteiger partial charge < -0.3 is 4.90 Å². The van der Waals surface area contributed by atoms with Gasteiger partial charge in [0.2, 0.25) is 0 Å². The summed E-state index contributed by atoms with van der Waals surface area (Å²) in [6.45, 7) is 1.49. The van der Waals surface area contributed by atoms with Crippen molar-refractivity contribution < 1.29 is 9.00 Å². The Morgan fingerprint density at radius 3 is 2.68 bits per heavy atom. The van der Waals surface area contributed by atoms with E-state index >= 15 is 0 Å². The fraction of sp³-hybridized carbons (Fsp3) is 0.381. The maximum Gasteiger partial charge on any atom is 0.254 e. The minimum Gasteiger partial charge on any atom is -0.333 e. The average Bonchev–Trinajstić information content (AvgIpc) is 2.58. The molecule has 2 aliphatic rings. The first-order chi connectivity index (χ1) is 12.1. The largest absolute Gasteiger partial charge is 0.333 e. The van der Waals surface area contributed by atoms with E-state index in [4.69, 9.17) is 0 Å². The number of carbonyl (C=O) groups is 1. The molecule has 1 aliphatic heterocycles. The molecule has 1 saturated carbocycles. The first-order valence-electron chi connectivity index (χ1n) is 8.84. The molecule has 130 valence electrons. The van der Waals surface area contributed by atoms with E-state index in [1.165, 1.54) is 30.4 Å². The summed E-state index contributed by atoms with van der Waals surface area (Å²) in [4.78, 5) is 15.1. The number of carbonyl (C=O) groups excluding carboxylic acids is 1. The van der Waals surface area contributed by atoms with Crippen molar-refractivity contribution in [1.82, 2.24) is 4.90 Å². The molecule has 1 fully saturated rings. The van der Waals surface area contributed by atoms with Crippen molar-refractivity contribution in [2.75, 3.05) is 12.8 Å². The van der Waals surface area contributed by atoms with Crippen molar-refractivity contribution in [2.24, 2.45) is 0 Å². The zero-order chi connectivity index (χ0) is 17.4. The molecule has 4 heteroatoms. The van der Waals surface area contributed by atoms with E-state index in [2.05, 4.69) is 24.3 Å². The van der Waals surface area contributed by atoms with Crippen LogP contribution in [-0.4, -0.2) is 27.8 Å². The maximum absolute atomic E-state index is 13.1. The van der Waals surface area contributed by atoms with Gasteiger partial charge in [0.25, 0.3) is 5.91 Å². The summed E-state index contributed by atoms with van der Waals surface area (Å²) in [5, 5.41) is 0. The Bertz CT molecular complexity index is 841. The number of fused-ring (bicyclic) bond motifs is 2. The van der Waals surface area contributed by atoms with E-state index in [1.807, 2.05) is 29.2 Å². The quantitative estimate of drug-likeness (QED) is 0.845. The molecule has 0 N–H and O–H groups in total. The molecule has 25 heavy (non-hydrogen) atoms. The van der Waals surface area contributed by atoms with Crippen LogP contribution in [0.1, 0.15) is 46.3 Å². The highest BCUT2D eigenvalue weighted by Gasteiger charge is 2.45. The summed E-state index contributed by atoms with van der Waals surface area (Å²) in [6.07, 6.45) is 5.27. The lowest BCUT2D eigenvalue weighted by atomic mass is 9.61. The fourth-order valence-electron chi connectivity index (χ4n) is 4.27. The van der Waals surface area contributed by atoms with Gasteiger partial charge in [-0.2, -0.15) is 0 Å². The Labute approximate surface area is 151 Å². The molecule has 0 aromatic heterocycles. The monoisotopic (exact) mass is 353 g/mol. The zero-order valence-corrected chi connectivity index (χ0v) is 15.3. The minimum absolute atomic E-state index is 0.0875. The van der Waals surface area contributed by atoms with Gasteiger partial charge in [-0.3, -0.25) is 9.00 Å². The molecule has 1 spiro atoms. The van der Waals surface area contributed by atoms with Gasteiger partial charge >= 0.3 is 0 Å². The highest BCUT2D eigenvalue weighted by Crippen LogP contribution is 2.48. The van der Waals surface area contributed by atoms with Crippen molar-refractivity contribution in [1.29, 1.82) is 0 Å². The first kappa shape index (κ1) is 16.5. The number of hydrogen-bond acceptors (Lipinski definition) is 2. The van der Waals surface area contributed by atoms with Gasteiger partial charge in [-0.25, -0.2) is 0 Å². The molecule has 3 nitrogen and oxygen atoms in total. The van der Waals surface area contributed by atoms with E-state index in [0.29, 0.717) is 17.9 Å². The number of amides is 1. The van der Waals surface area contributed by atoms with Gasteiger partial charge in [-0.15, -0.1) is 0 Å². The molecule has 2 aromatic rings. The lowest BCUT2D eigenvalue weighted by Crippen LogP contribution is -2.51. The molecule has 0 radical (unpaired) electrons. The summed E-state index contributed by atoms with van der Waals surface area (Å²) in [6, 6.07) is 16.2. The van der Waals surface area contributed by atoms with Crippen LogP contribution in [0.25, 0.3) is 0 Å². The fourth-order valence-corrected chi connectivity index (χ4v) is 4.92. The predicted octanol–water partition coefficient (Wildman–Crippen LogP) is 3.64. The van der Waals surface area contributed by atoms with Crippen molar-refractivity contribution in [3.8, 4) is 0 Å². The van der Waals surface area contributed by atoms with Gasteiger partial charge in [0, 0.05) is 46.9 Å². The first-order valence-corrected chi connectivity index (χ1v) is 10.6. The summed E-state index contributed by atoms with van der Waals surface area (Å²) in [5.41, 5.74) is 4.56. The molecule has 0 bridgehead atoms. The van der Waals surface area contributed by atoms with E-state index in [0.717, 1.165) is 12.1 Å². The van der Waals surface area contributed by atoms with Crippen LogP contribution >= 0.6 is 0 Å². The third kappa shape index (κ3) is 3.04. The highest BCUT2D eigenvalue weighted by atomic mass is 32.2. The molecule has 0 saturated heterocycles. The molecule has 1 heterocycles. The van der Waals surface area contributed by atoms with Crippen LogP contribution in [0, 0.1) is 0 Å². The second-order valence-corrected chi connectivity index (χ2v) is 8.81. The van der Waals surface area contributed by atoms with Gasteiger partial charge in [0.05, 0.1) is 0 Å². The summed E-state index contributed by atoms with van der Waals surface area (Å²) >= 11 is 0. The van der Waals surface area contributed by atoms with Gasteiger partial charge in [0.15, 0.2) is 0 Å². The van der Waals surface area contributed by atoms with Crippen LogP contribution in [-0.2, 0) is 28.5 Å². The molecular weight excluding hydrogens is 330 g/mol. The molecule has 2 aromatic carbocycles. The van der Waals surface area contributed by atoms with Crippen molar-refractivity contribution >= 4 is 16.7 Å². The second-order valence-electron chi connectivity index (χ2n) is 7.37. The Hall–Kier alpha value is -1.94. The summed E-state index contributed by atoms with van der Waals surface area (Å²) in [7, 11) is -0.902. The second kappa shape index (κ2) is 6.41. The van der Waals surface area contributed by atoms with Crippen molar-refractivity contribution in [2.45, 2.75) is 37.0 Å². The normalized spacial score (nSPS) is 19.2. The number of rotatable bonds is 3. The highest BCUT2D eigenvalue weighted by molar-refractivity contribution is 7.83. The standard InChI is InChI=1S/C21H23NO2S/c1-25(24)14-16-6-4-8-17(12-16)20(23)22-13-18-7-2-3-9-19(18)21(15-22)10-5-11-21/h2-4,6-9,12H,5,10-11,13-15H2,1H3/t25-/m1/s1. The zero-order valence-electron chi connectivity index (χ0n) is 14.5. The summed E-state index contributed by atoms with van der Waals surface area (Å²) in [5.74, 6) is 0.581. The Kier molecular flexibility index (Phi) is 4.24. The number of nitrogens with zero attached hydrogens (tertiary/aromatic N) is 1. The lowest BCUT2D eigenvalue weighted by molar-refractivity contribution is 0.0587. The smallest absolute Gasteiger partial charge is 0.254 e. The topological polar surface area (TPSA) is 37.4 Å². The van der Waals surface area contributed by atoms with E-state index < -0.39 is 10.8 Å². The van der Waals surface area contributed by atoms with Crippen molar-refractivity contribution in [3.05, 3.63) is 70.8 Å². The SMILES string of the molecule is C[S@@](=O)Cc1cccc(C(=O)N2Cc3ccccc3C3(CCC3)C2)c1. The van der Waals surface area contributed by atoms with Gasteiger partial charge in [-0.1, -0.05) is 42.8 Å². The van der Waals surface area contributed by atoms with E-state index in [1.54, 1.807) is 6.26 Å². The lowest BCUT2D eigenvalue weighted by Gasteiger charge is -2.50. The van der Waals surface area contributed by atoms with E-state index in [-0.39, 0.29) is 11.3 Å². The molecule has 1 amide bonds. The Balaban J connectivity index is 1.62. The third-order valence-electron chi connectivity index (χ3n) is 5.59. The van der Waals surface area contributed by atoms with Gasteiger partial charge in [0.1, 0.15) is 0 Å². The van der Waals surface area contributed by atoms with Gasteiger partial charge in [-0.05, 0) is 41.7 Å². The molecule has 1 atom stereocenters. The maximum atomic E-state index is 13.1. The average molecular weight is 353 g/mol. The van der Waals surface area contributed by atoms with Crippen molar-refractivity contribution in [3.63, 3.8) is 0 Å². The Morgan fingerprint density at radius 2 is 1.96 bits per heavy atom. The van der Waals surface area contributed by atoms with Crippen LogP contribution in [0.4, 0.5) is 0 Å². The summed E-state index contributed by atoms with van der Waals surface area (Å²) < 4.78 is 11.5. The van der Waals surface area contributed by atoms with E-state index in [9.17, 15) is 9.00 Å². The van der Waals surface area contributed by atoms with Crippen LogP contribution in [0.15, 0.2) is 48.5 Å². The molecule has 0 unspecified atom stereocenters. The molecular formula is C21H23NO2S. The minimum atomic E-state index is -0.902. The molecule has 4 rings (SSSR count). The predicted molar refractivity (Wildman–Crippen MR) is 101 cm³/mol. The Morgan fingerprint density at radius 1 is 1.16 bits per heavy atom. The number of benzene rings is 2. The third-order valence-corrected chi connectivity index (χ3v) is 6.33. The van der Waals surface area contributed by atoms with Crippen LogP contribution < -0.4 is 0 Å².